The summed E-state index contributed by atoms with van der Waals surface area (Å²) >= 11 is 0. The van der Waals surface area contributed by atoms with E-state index in [0.29, 0.717) is 0 Å². The largest absolute Gasteiger partial charge is 0.488 e. The molecule has 1 aliphatic carbocycles. The number of halogens is 7. The van der Waals surface area contributed by atoms with E-state index >= 15 is 0 Å². The molecular formula is C20H15F7N6O. The molecule has 1 aliphatic rings. The zero-order valence-corrected chi connectivity index (χ0v) is 17.2. The zero-order chi connectivity index (χ0) is 24.7. The number of rotatable bonds is 5. The number of aromatic amines is 1. The van der Waals surface area contributed by atoms with Crippen LogP contribution in [0, 0.1) is 0 Å². The number of aryl methyl sites for hydroxylation is 1. The van der Waals surface area contributed by atoms with Gasteiger partial charge < -0.3 is 9.30 Å². The fourth-order valence-electron chi connectivity index (χ4n) is 3.44. The summed E-state index contributed by atoms with van der Waals surface area (Å²) in [6.07, 6.45) is -6.30. The molecule has 0 aromatic carbocycles. The number of alkyl halides is 7. The second kappa shape index (κ2) is 8.57. The molecule has 34 heavy (non-hydrogen) atoms. The van der Waals surface area contributed by atoms with Crippen molar-refractivity contribution in [2.75, 3.05) is 6.61 Å². The standard InChI is InChI=1S/C20H15F7N6O/c1-33-9-29-16(17(33)12-3-2-11(21)7-14(12)34-8-19(22,23)24)13-6-10(4-5-28-13)15-18(20(25,26)27)31-32-30-15/h2-6,9,11H,7-8H2,1H3,(H,30,31,32). The SMILES string of the molecule is Cn1cnc(-c2cc(-c3nn[nH]c3C(F)(F)F)ccn2)c1C1=C(OCC(F)(F)F)CC(F)C=C1. The molecule has 1 atom stereocenters. The van der Waals surface area contributed by atoms with Crippen molar-refractivity contribution >= 4 is 5.57 Å². The number of ether oxygens (including phenoxy) is 1. The average molecular weight is 488 g/mol. The minimum Gasteiger partial charge on any atom is -0.488 e. The van der Waals surface area contributed by atoms with Crippen LogP contribution in [0.4, 0.5) is 30.7 Å². The van der Waals surface area contributed by atoms with Crippen molar-refractivity contribution in [1.82, 2.24) is 29.9 Å². The smallest absolute Gasteiger partial charge is 0.435 e. The highest BCUT2D eigenvalue weighted by atomic mass is 19.4. The lowest BCUT2D eigenvalue weighted by Crippen LogP contribution is -2.19. The van der Waals surface area contributed by atoms with E-state index in [9.17, 15) is 30.7 Å². The summed E-state index contributed by atoms with van der Waals surface area (Å²) in [4.78, 5) is 8.36. The fraction of sp³-hybridized carbons (Fsp3) is 0.300. The monoisotopic (exact) mass is 488 g/mol. The van der Waals surface area contributed by atoms with Gasteiger partial charge in [-0.1, -0.05) is 11.3 Å². The predicted molar refractivity (Wildman–Crippen MR) is 104 cm³/mol. The number of aromatic nitrogens is 6. The first kappa shape index (κ1) is 23.4. The molecule has 0 amide bonds. The quantitative estimate of drug-likeness (QED) is 0.518. The van der Waals surface area contributed by atoms with Crippen molar-refractivity contribution in [3.63, 3.8) is 0 Å². The summed E-state index contributed by atoms with van der Waals surface area (Å²) in [6.45, 7) is -1.61. The molecular weight excluding hydrogens is 473 g/mol. The lowest BCUT2D eigenvalue weighted by atomic mass is 9.98. The van der Waals surface area contributed by atoms with Gasteiger partial charge in [-0.3, -0.25) is 10.1 Å². The maximum Gasteiger partial charge on any atom is 0.435 e. The summed E-state index contributed by atoms with van der Waals surface area (Å²) in [6, 6.07) is 2.59. The van der Waals surface area contributed by atoms with Crippen LogP contribution in [0.5, 0.6) is 0 Å². The van der Waals surface area contributed by atoms with Crippen molar-refractivity contribution in [3.05, 3.63) is 54.0 Å². The molecule has 1 N–H and O–H groups in total. The summed E-state index contributed by atoms with van der Waals surface area (Å²) in [5.74, 6) is -0.232. The van der Waals surface area contributed by atoms with Gasteiger partial charge in [0.1, 0.15) is 23.3 Å². The van der Waals surface area contributed by atoms with Crippen LogP contribution in [-0.2, 0) is 18.0 Å². The molecule has 3 aromatic rings. The lowest BCUT2D eigenvalue weighted by Gasteiger charge is -2.21. The van der Waals surface area contributed by atoms with Crippen molar-refractivity contribution < 1.29 is 35.5 Å². The molecule has 14 heteroatoms. The maximum atomic E-state index is 13.9. The number of hydrogen-bond acceptors (Lipinski definition) is 5. The minimum atomic E-state index is -4.73. The first-order valence-corrected chi connectivity index (χ1v) is 9.65. The number of allylic oxidation sites excluding steroid dienone is 4. The number of hydrogen-bond donors (Lipinski definition) is 1. The van der Waals surface area contributed by atoms with Gasteiger partial charge in [-0.15, -0.1) is 5.10 Å². The van der Waals surface area contributed by atoms with Gasteiger partial charge in [0.05, 0.1) is 17.7 Å². The van der Waals surface area contributed by atoms with Crippen LogP contribution in [0.3, 0.4) is 0 Å². The molecule has 3 aromatic heterocycles. The van der Waals surface area contributed by atoms with Gasteiger partial charge in [0.15, 0.2) is 12.3 Å². The molecule has 1 unspecified atom stereocenters. The third-order valence-electron chi connectivity index (χ3n) is 4.86. The Morgan fingerprint density at radius 2 is 1.91 bits per heavy atom. The Morgan fingerprint density at radius 3 is 2.62 bits per heavy atom. The van der Waals surface area contributed by atoms with Crippen LogP contribution < -0.4 is 0 Å². The highest BCUT2D eigenvalue weighted by Crippen LogP contribution is 2.37. The van der Waals surface area contributed by atoms with Crippen LogP contribution in [0.25, 0.3) is 28.2 Å². The fourth-order valence-corrected chi connectivity index (χ4v) is 3.44. The Morgan fingerprint density at radius 1 is 1.15 bits per heavy atom. The Balaban J connectivity index is 1.79. The van der Waals surface area contributed by atoms with Gasteiger partial charge in [-0.2, -0.15) is 26.3 Å². The van der Waals surface area contributed by atoms with E-state index in [2.05, 4.69) is 20.3 Å². The predicted octanol–water partition coefficient (Wildman–Crippen LogP) is 4.87. The Kier molecular flexibility index (Phi) is 5.91. The summed E-state index contributed by atoms with van der Waals surface area (Å²) in [5.41, 5.74) is -0.915. The van der Waals surface area contributed by atoms with Crippen LogP contribution in [0.2, 0.25) is 0 Å². The van der Waals surface area contributed by atoms with E-state index in [0.717, 1.165) is 0 Å². The van der Waals surface area contributed by atoms with E-state index in [1.165, 1.54) is 41.4 Å². The van der Waals surface area contributed by atoms with Gasteiger partial charge >= 0.3 is 12.4 Å². The van der Waals surface area contributed by atoms with Crippen molar-refractivity contribution in [2.24, 2.45) is 7.05 Å². The average Bonchev–Trinajstić information content (AvgIpc) is 3.39. The van der Waals surface area contributed by atoms with Gasteiger partial charge in [0, 0.05) is 30.8 Å². The Labute approximate surface area is 187 Å². The van der Waals surface area contributed by atoms with E-state index < -0.39 is 42.9 Å². The van der Waals surface area contributed by atoms with Crippen LogP contribution in [0.1, 0.15) is 17.8 Å². The molecule has 4 rings (SSSR count). The molecule has 3 heterocycles. The van der Waals surface area contributed by atoms with Gasteiger partial charge in [-0.05, 0) is 18.2 Å². The third kappa shape index (κ3) is 4.79. The highest BCUT2D eigenvalue weighted by Gasteiger charge is 2.37. The second-order valence-corrected chi connectivity index (χ2v) is 7.34. The van der Waals surface area contributed by atoms with Gasteiger partial charge in [-0.25, -0.2) is 9.37 Å². The number of nitrogens with zero attached hydrogens (tertiary/aromatic N) is 5. The van der Waals surface area contributed by atoms with Crippen molar-refractivity contribution in [3.8, 4) is 22.6 Å². The first-order valence-electron chi connectivity index (χ1n) is 9.65. The van der Waals surface area contributed by atoms with Crippen LogP contribution >= 0.6 is 0 Å². The van der Waals surface area contributed by atoms with E-state index in [-0.39, 0.29) is 34.0 Å². The molecule has 7 nitrogen and oxygen atoms in total. The molecule has 0 aliphatic heterocycles. The molecule has 0 fully saturated rings. The summed E-state index contributed by atoms with van der Waals surface area (Å²) < 4.78 is 98.2. The first-order chi connectivity index (χ1) is 15.9. The number of pyridine rings is 1. The summed E-state index contributed by atoms with van der Waals surface area (Å²) in [5, 5.41) is 8.55. The Bertz CT molecular complexity index is 1250. The molecule has 0 bridgehead atoms. The normalized spacial score (nSPS) is 16.9. The zero-order valence-electron chi connectivity index (χ0n) is 17.2. The molecule has 180 valence electrons. The number of H-pyrrole nitrogens is 1. The molecule has 0 spiro atoms. The van der Waals surface area contributed by atoms with E-state index in [1.807, 2.05) is 5.10 Å². The second-order valence-electron chi connectivity index (χ2n) is 7.34. The molecule has 0 saturated carbocycles. The Hall–Kier alpha value is -3.71. The third-order valence-corrected chi connectivity index (χ3v) is 4.86. The summed E-state index contributed by atoms with van der Waals surface area (Å²) in [7, 11) is 1.55. The highest BCUT2D eigenvalue weighted by molar-refractivity contribution is 5.84. The van der Waals surface area contributed by atoms with Crippen LogP contribution in [-0.4, -0.2) is 48.9 Å². The number of nitrogens with one attached hydrogen (secondary N) is 1. The topological polar surface area (TPSA) is 81.5 Å². The molecule has 0 radical (unpaired) electrons. The maximum absolute atomic E-state index is 13.9. The van der Waals surface area contributed by atoms with Crippen molar-refractivity contribution in [1.29, 1.82) is 0 Å². The lowest BCUT2D eigenvalue weighted by molar-refractivity contribution is -0.165. The van der Waals surface area contributed by atoms with E-state index in [4.69, 9.17) is 4.74 Å². The van der Waals surface area contributed by atoms with E-state index in [1.54, 1.807) is 7.05 Å². The minimum absolute atomic E-state index is 0.0354. The van der Waals surface area contributed by atoms with Crippen LogP contribution in [0.15, 0.2) is 42.6 Å². The number of imidazole rings is 1. The molecule has 0 saturated heterocycles. The van der Waals surface area contributed by atoms with Gasteiger partial charge in [0.25, 0.3) is 0 Å². The van der Waals surface area contributed by atoms with Crippen molar-refractivity contribution in [2.45, 2.75) is 24.9 Å². The van der Waals surface area contributed by atoms with Gasteiger partial charge in [0.2, 0.25) is 0 Å².